The van der Waals surface area contributed by atoms with Crippen molar-refractivity contribution in [3.63, 3.8) is 0 Å². The van der Waals surface area contributed by atoms with Crippen LogP contribution in [0.25, 0.3) is 0 Å². The smallest absolute Gasteiger partial charge is 0.223 e. The van der Waals surface area contributed by atoms with Gasteiger partial charge in [-0.15, -0.1) is 0 Å². The molecule has 0 atom stereocenters. The molecule has 106 valence electrons. The minimum atomic E-state index is 0.161. The van der Waals surface area contributed by atoms with Crippen molar-refractivity contribution < 1.29 is 4.79 Å². The summed E-state index contributed by atoms with van der Waals surface area (Å²) in [5.41, 5.74) is 5.42. The molecule has 0 aliphatic carbocycles. The van der Waals surface area contributed by atoms with Gasteiger partial charge in [0.15, 0.2) is 0 Å². The van der Waals surface area contributed by atoms with Crippen molar-refractivity contribution in [2.24, 2.45) is 11.7 Å². The number of carbonyl (C=O) groups excluding carboxylic acids is 1. The van der Waals surface area contributed by atoms with Gasteiger partial charge in [0, 0.05) is 39.5 Å². The second-order valence-corrected chi connectivity index (χ2v) is 5.59. The summed E-state index contributed by atoms with van der Waals surface area (Å²) in [5.74, 6) is 0.792. The van der Waals surface area contributed by atoms with Crippen molar-refractivity contribution in [2.45, 2.75) is 33.6 Å². The lowest BCUT2D eigenvalue weighted by Crippen LogP contribution is -2.35. The molecule has 0 heterocycles. The summed E-state index contributed by atoms with van der Waals surface area (Å²) in [6.45, 7) is 9.98. The Morgan fingerprint density at radius 1 is 1.28 bits per heavy atom. The largest absolute Gasteiger partial charge is 0.393 e. The Balaban J connectivity index is 3.95. The fraction of sp³-hybridized carbons (Fsp3) is 0.846. The molecule has 0 saturated heterocycles. The second-order valence-electron chi connectivity index (χ2n) is 5.07. The van der Waals surface area contributed by atoms with E-state index >= 15 is 0 Å². The topological polar surface area (TPSA) is 49.6 Å². The fourth-order valence-electron chi connectivity index (χ4n) is 1.74. The number of carbonyl (C=O) groups is 1. The molecular weight excluding hydrogens is 246 g/mol. The molecule has 18 heavy (non-hydrogen) atoms. The van der Waals surface area contributed by atoms with Gasteiger partial charge in [-0.25, -0.2) is 0 Å². The van der Waals surface area contributed by atoms with E-state index in [1.54, 1.807) is 11.9 Å². The first-order valence-corrected chi connectivity index (χ1v) is 7.02. The summed E-state index contributed by atoms with van der Waals surface area (Å²) in [5, 5.41) is 0. The first-order chi connectivity index (χ1) is 8.36. The third-order valence-electron chi connectivity index (χ3n) is 2.83. The summed E-state index contributed by atoms with van der Waals surface area (Å²) in [6.07, 6.45) is 1.16. The van der Waals surface area contributed by atoms with E-state index in [-0.39, 0.29) is 5.91 Å². The highest BCUT2D eigenvalue weighted by atomic mass is 32.1. The van der Waals surface area contributed by atoms with Gasteiger partial charge in [0.2, 0.25) is 5.91 Å². The van der Waals surface area contributed by atoms with Crippen LogP contribution >= 0.6 is 12.2 Å². The van der Waals surface area contributed by atoms with Gasteiger partial charge in [0.25, 0.3) is 0 Å². The van der Waals surface area contributed by atoms with Crippen LogP contribution in [0.5, 0.6) is 0 Å². The van der Waals surface area contributed by atoms with E-state index < -0.39 is 0 Å². The van der Waals surface area contributed by atoms with Gasteiger partial charge >= 0.3 is 0 Å². The van der Waals surface area contributed by atoms with Crippen molar-refractivity contribution in [1.82, 2.24) is 9.80 Å². The lowest BCUT2D eigenvalue weighted by atomic mass is 10.2. The van der Waals surface area contributed by atoms with Gasteiger partial charge in [-0.05, 0) is 12.5 Å². The van der Waals surface area contributed by atoms with Crippen molar-refractivity contribution >= 4 is 23.1 Å². The van der Waals surface area contributed by atoms with Crippen LogP contribution in [0.2, 0.25) is 0 Å². The number of nitrogens with two attached hydrogens (primary N) is 1. The van der Waals surface area contributed by atoms with Crippen LogP contribution in [0.15, 0.2) is 0 Å². The first kappa shape index (κ1) is 17.3. The SMILES string of the molecule is CCN(CCC(=O)N(C)CCC(N)=S)CC(C)C. The molecule has 0 aromatic rings. The predicted octanol–water partition coefficient (Wildman–Crippen LogP) is 1.49. The Morgan fingerprint density at radius 2 is 1.89 bits per heavy atom. The van der Waals surface area contributed by atoms with Gasteiger partial charge in [-0.2, -0.15) is 0 Å². The molecule has 0 aliphatic rings. The van der Waals surface area contributed by atoms with E-state index in [2.05, 4.69) is 25.7 Å². The maximum atomic E-state index is 11.9. The molecule has 2 N–H and O–H groups in total. The zero-order chi connectivity index (χ0) is 14.1. The molecule has 0 aromatic carbocycles. The van der Waals surface area contributed by atoms with Crippen LogP contribution in [0, 0.1) is 5.92 Å². The minimum absolute atomic E-state index is 0.161. The minimum Gasteiger partial charge on any atom is -0.393 e. The van der Waals surface area contributed by atoms with E-state index in [4.69, 9.17) is 18.0 Å². The number of hydrogen-bond acceptors (Lipinski definition) is 3. The van der Waals surface area contributed by atoms with Crippen molar-refractivity contribution in [3.8, 4) is 0 Å². The highest BCUT2D eigenvalue weighted by Gasteiger charge is 2.11. The molecule has 0 radical (unpaired) electrons. The summed E-state index contributed by atoms with van der Waals surface area (Å²) >= 11 is 4.80. The third-order valence-corrected chi connectivity index (χ3v) is 3.04. The summed E-state index contributed by atoms with van der Waals surface area (Å²) < 4.78 is 0. The lowest BCUT2D eigenvalue weighted by Gasteiger charge is -2.24. The Morgan fingerprint density at radius 3 is 2.33 bits per heavy atom. The monoisotopic (exact) mass is 273 g/mol. The van der Waals surface area contributed by atoms with Gasteiger partial charge in [0.05, 0.1) is 4.99 Å². The summed E-state index contributed by atoms with van der Waals surface area (Å²) in [7, 11) is 1.80. The molecule has 0 bridgehead atoms. The van der Waals surface area contributed by atoms with Crippen LogP contribution in [0.3, 0.4) is 0 Å². The van der Waals surface area contributed by atoms with Gasteiger partial charge < -0.3 is 15.5 Å². The summed E-state index contributed by atoms with van der Waals surface area (Å²) in [4.78, 5) is 16.4. The normalized spacial score (nSPS) is 11.0. The van der Waals surface area contributed by atoms with Crippen LogP contribution in [-0.4, -0.2) is 53.9 Å². The van der Waals surface area contributed by atoms with Crippen LogP contribution in [0.1, 0.15) is 33.6 Å². The number of rotatable bonds is 9. The first-order valence-electron chi connectivity index (χ1n) is 6.61. The molecule has 0 aliphatic heterocycles. The molecule has 5 heteroatoms. The van der Waals surface area contributed by atoms with E-state index in [9.17, 15) is 4.79 Å². The van der Waals surface area contributed by atoms with E-state index in [0.29, 0.717) is 30.3 Å². The molecule has 1 amide bonds. The quantitative estimate of drug-likeness (QED) is 0.647. The molecule has 0 fully saturated rings. The maximum absolute atomic E-state index is 11.9. The van der Waals surface area contributed by atoms with Crippen molar-refractivity contribution in [2.75, 3.05) is 33.2 Å². The Labute approximate surface area is 116 Å². The molecule has 4 nitrogen and oxygen atoms in total. The van der Waals surface area contributed by atoms with Crippen LogP contribution in [-0.2, 0) is 4.79 Å². The predicted molar refractivity (Wildman–Crippen MR) is 80.6 cm³/mol. The number of nitrogens with zero attached hydrogens (tertiary/aromatic N) is 2. The highest BCUT2D eigenvalue weighted by molar-refractivity contribution is 7.80. The standard InChI is InChI=1S/C13H27N3OS/c1-5-16(10-11(2)3)9-7-13(17)15(4)8-6-12(14)18/h11H,5-10H2,1-4H3,(H2,14,18). The van der Waals surface area contributed by atoms with Crippen molar-refractivity contribution in [3.05, 3.63) is 0 Å². The highest BCUT2D eigenvalue weighted by Crippen LogP contribution is 2.01. The second kappa shape index (κ2) is 9.28. The zero-order valence-corrected chi connectivity index (χ0v) is 12.9. The number of thiocarbonyl (C=S) groups is 1. The zero-order valence-electron chi connectivity index (χ0n) is 12.1. The lowest BCUT2D eigenvalue weighted by molar-refractivity contribution is -0.130. The van der Waals surface area contributed by atoms with E-state index in [1.165, 1.54) is 0 Å². The van der Waals surface area contributed by atoms with Crippen LogP contribution in [0.4, 0.5) is 0 Å². The maximum Gasteiger partial charge on any atom is 0.223 e. The molecule has 0 spiro atoms. The Bertz CT molecular complexity index is 269. The molecular formula is C13H27N3OS. The van der Waals surface area contributed by atoms with Crippen LogP contribution < -0.4 is 5.73 Å². The Kier molecular flexibility index (Phi) is 8.93. The van der Waals surface area contributed by atoms with Gasteiger partial charge in [-0.3, -0.25) is 4.79 Å². The Hall–Kier alpha value is -0.680. The van der Waals surface area contributed by atoms with Gasteiger partial charge in [-0.1, -0.05) is 33.0 Å². The van der Waals surface area contributed by atoms with Crippen molar-refractivity contribution in [1.29, 1.82) is 0 Å². The average molecular weight is 273 g/mol. The molecule has 0 saturated carbocycles. The summed E-state index contributed by atoms with van der Waals surface area (Å²) in [6, 6.07) is 0. The molecule has 0 aromatic heterocycles. The van der Waals surface area contributed by atoms with Gasteiger partial charge in [0.1, 0.15) is 0 Å². The van der Waals surface area contributed by atoms with E-state index in [1.807, 2.05) is 0 Å². The number of amides is 1. The van der Waals surface area contributed by atoms with E-state index in [0.717, 1.165) is 19.6 Å². The third kappa shape index (κ3) is 8.42. The molecule has 0 rings (SSSR count). The average Bonchev–Trinajstić information content (AvgIpc) is 2.30. The molecule has 0 unspecified atom stereocenters. The fourth-order valence-corrected chi connectivity index (χ4v) is 1.83. The number of hydrogen-bond donors (Lipinski definition) is 1.